The molecule has 0 radical (unpaired) electrons. The first-order valence-corrected chi connectivity index (χ1v) is 7.29. The van der Waals surface area contributed by atoms with Crippen molar-refractivity contribution in [2.75, 3.05) is 26.7 Å². The van der Waals surface area contributed by atoms with Gasteiger partial charge in [0.05, 0.1) is 11.0 Å². The molecule has 7 heteroatoms. The topological polar surface area (TPSA) is 70.1 Å². The summed E-state index contributed by atoms with van der Waals surface area (Å²) in [7, 11) is 1.93. The lowest BCUT2D eigenvalue weighted by Crippen LogP contribution is -2.35. The highest BCUT2D eigenvalue weighted by Gasteiger charge is 2.26. The Hall–Kier alpha value is -1.79. The molecule has 2 N–H and O–H groups in total. The number of rotatable bonds is 4. The van der Waals surface area contributed by atoms with Crippen LogP contribution in [0.25, 0.3) is 11.0 Å². The zero-order valence-electron chi connectivity index (χ0n) is 12.5. The van der Waals surface area contributed by atoms with Gasteiger partial charge < -0.3 is 15.2 Å². The maximum absolute atomic E-state index is 12.4. The fraction of sp³-hybridized carbons (Fsp3) is 0.467. The molecule has 2 aromatic rings. The van der Waals surface area contributed by atoms with Crippen LogP contribution < -0.4 is 11.0 Å². The Morgan fingerprint density at radius 3 is 2.95 bits per heavy atom. The van der Waals surface area contributed by atoms with Crippen molar-refractivity contribution in [3.63, 3.8) is 0 Å². The van der Waals surface area contributed by atoms with Crippen LogP contribution in [-0.4, -0.2) is 47.0 Å². The van der Waals surface area contributed by atoms with Gasteiger partial charge >= 0.3 is 5.69 Å². The Morgan fingerprint density at radius 2 is 2.18 bits per heavy atom. The van der Waals surface area contributed by atoms with E-state index in [2.05, 4.69) is 10.3 Å². The van der Waals surface area contributed by atoms with Crippen LogP contribution in [0.1, 0.15) is 6.42 Å². The van der Waals surface area contributed by atoms with Gasteiger partial charge in [-0.1, -0.05) is 12.1 Å². The molecule has 1 aromatic heterocycles. The molecule has 6 nitrogen and oxygen atoms in total. The van der Waals surface area contributed by atoms with Gasteiger partial charge in [0.1, 0.15) is 6.54 Å². The number of benzene rings is 1. The van der Waals surface area contributed by atoms with E-state index >= 15 is 0 Å². The van der Waals surface area contributed by atoms with E-state index in [0.29, 0.717) is 5.92 Å². The number of para-hydroxylation sites is 2. The van der Waals surface area contributed by atoms with Gasteiger partial charge in [-0.25, -0.2) is 4.79 Å². The minimum atomic E-state index is -0.226. The second-order valence-corrected chi connectivity index (χ2v) is 5.59. The molecular weight excluding hydrogens is 304 g/mol. The summed E-state index contributed by atoms with van der Waals surface area (Å²) in [5.74, 6) is 0.527. The number of hydrogen-bond acceptors (Lipinski definition) is 3. The lowest BCUT2D eigenvalue weighted by Gasteiger charge is -2.16. The zero-order valence-corrected chi connectivity index (χ0v) is 13.4. The summed E-state index contributed by atoms with van der Waals surface area (Å²) >= 11 is 0. The van der Waals surface area contributed by atoms with Crippen molar-refractivity contribution in [1.29, 1.82) is 0 Å². The molecular formula is C15H21ClN4O2. The van der Waals surface area contributed by atoms with Crippen LogP contribution in [-0.2, 0) is 11.3 Å². The van der Waals surface area contributed by atoms with Gasteiger partial charge in [-0.3, -0.25) is 9.36 Å². The third kappa shape index (κ3) is 3.18. The highest BCUT2D eigenvalue weighted by molar-refractivity contribution is 5.85. The van der Waals surface area contributed by atoms with Gasteiger partial charge in [0, 0.05) is 13.1 Å². The zero-order chi connectivity index (χ0) is 14.8. The number of nitrogens with zero attached hydrogens (tertiary/aromatic N) is 2. The summed E-state index contributed by atoms with van der Waals surface area (Å²) in [6.45, 7) is 2.59. The number of H-pyrrole nitrogens is 1. The average Bonchev–Trinajstić information content (AvgIpc) is 3.05. The first-order chi connectivity index (χ1) is 10.2. The van der Waals surface area contributed by atoms with Crippen LogP contribution in [0.3, 0.4) is 0 Å². The number of nitrogens with one attached hydrogen (secondary N) is 2. The molecule has 1 amide bonds. The number of imidazole rings is 1. The molecule has 2 heterocycles. The predicted molar refractivity (Wildman–Crippen MR) is 88.4 cm³/mol. The normalized spacial score (nSPS) is 17.7. The van der Waals surface area contributed by atoms with Gasteiger partial charge in [0.2, 0.25) is 5.91 Å². The number of aromatic amines is 1. The molecule has 120 valence electrons. The van der Waals surface area contributed by atoms with Crippen molar-refractivity contribution in [2.24, 2.45) is 5.92 Å². The molecule has 1 aliphatic heterocycles. The summed E-state index contributed by atoms with van der Waals surface area (Å²) < 4.78 is 1.52. The van der Waals surface area contributed by atoms with Crippen molar-refractivity contribution in [3.05, 3.63) is 34.7 Å². The predicted octanol–water partition coefficient (Wildman–Crippen LogP) is 0.819. The van der Waals surface area contributed by atoms with Crippen LogP contribution in [0.2, 0.25) is 0 Å². The average molecular weight is 325 g/mol. The van der Waals surface area contributed by atoms with Crippen molar-refractivity contribution < 1.29 is 4.79 Å². The largest absolute Gasteiger partial charge is 0.341 e. The Balaban J connectivity index is 0.00000176. The number of fused-ring (bicyclic) bond motifs is 1. The molecule has 22 heavy (non-hydrogen) atoms. The fourth-order valence-corrected chi connectivity index (χ4v) is 3.01. The van der Waals surface area contributed by atoms with Gasteiger partial charge in [-0.05, 0) is 38.1 Å². The summed E-state index contributed by atoms with van der Waals surface area (Å²) in [5, 5.41) is 3.15. The molecule has 1 fully saturated rings. The van der Waals surface area contributed by atoms with Crippen molar-refractivity contribution in [1.82, 2.24) is 19.8 Å². The first kappa shape index (κ1) is 16.6. The number of amides is 1. The Morgan fingerprint density at radius 1 is 1.41 bits per heavy atom. The molecule has 0 bridgehead atoms. The third-order valence-electron chi connectivity index (χ3n) is 4.11. The van der Waals surface area contributed by atoms with Crippen LogP contribution in [0.15, 0.2) is 29.1 Å². The third-order valence-corrected chi connectivity index (χ3v) is 4.11. The second kappa shape index (κ2) is 6.98. The van der Waals surface area contributed by atoms with E-state index in [1.165, 1.54) is 4.57 Å². The second-order valence-electron chi connectivity index (χ2n) is 5.59. The fourth-order valence-electron chi connectivity index (χ4n) is 3.01. The molecule has 3 rings (SSSR count). The van der Waals surface area contributed by atoms with E-state index < -0.39 is 0 Å². The van der Waals surface area contributed by atoms with Gasteiger partial charge in [-0.2, -0.15) is 0 Å². The summed E-state index contributed by atoms with van der Waals surface area (Å²) in [6.07, 6.45) is 1.02. The van der Waals surface area contributed by atoms with Crippen molar-refractivity contribution in [2.45, 2.75) is 13.0 Å². The number of carbonyl (C=O) groups excluding carboxylic acids is 1. The summed E-state index contributed by atoms with van der Waals surface area (Å²) in [5.41, 5.74) is 1.32. The Labute approximate surface area is 134 Å². The number of likely N-dealkylation sites (tertiary alicyclic amines) is 1. The molecule has 1 unspecified atom stereocenters. The quantitative estimate of drug-likeness (QED) is 0.875. The van der Waals surface area contributed by atoms with E-state index in [0.717, 1.165) is 37.1 Å². The Bertz CT molecular complexity index is 709. The van der Waals surface area contributed by atoms with E-state index in [1.54, 1.807) is 0 Å². The standard InChI is InChI=1S/C15H20N4O2.ClH/c1-16-8-11-6-7-18(9-11)14(20)10-19-13-5-3-2-4-12(13)17-15(19)21;/h2-5,11,16H,6-10H2,1H3,(H,17,21);1H. The van der Waals surface area contributed by atoms with E-state index in [9.17, 15) is 9.59 Å². The minimum absolute atomic E-state index is 0. The molecule has 1 aromatic carbocycles. The van der Waals surface area contributed by atoms with E-state index in [1.807, 2.05) is 36.2 Å². The molecule has 0 aliphatic carbocycles. The number of aromatic nitrogens is 2. The summed E-state index contributed by atoms with van der Waals surface area (Å²) in [4.78, 5) is 29.0. The monoisotopic (exact) mass is 324 g/mol. The number of halogens is 1. The van der Waals surface area contributed by atoms with Crippen LogP contribution in [0.4, 0.5) is 0 Å². The first-order valence-electron chi connectivity index (χ1n) is 7.29. The van der Waals surface area contributed by atoms with Gasteiger partial charge in [0.25, 0.3) is 0 Å². The SMILES string of the molecule is CNCC1CCN(C(=O)Cn2c(=O)[nH]c3ccccc32)C1.Cl. The Kier molecular flexibility index (Phi) is 5.26. The lowest BCUT2D eigenvalue weighted by molar-refractivity contribution is -0.130. The maximum Gasteiger partial charge on any atom is 0.326 e. The molecule has 0 spiro atoms. The van der Waals surface area contributed by atoms with Crippen molar-refractivity contribution in [3.8, 4) is 0 Å². The molecule has 0 saturated carbocycles. The van der Waals surface area contributed by atoms with Gasteiger partial charge in [0.15, 0.2) is 0 Å². The number of carbonyl (C=O) groups is 1. The molecule has 1 aliphatic rings. The smallest absolute Gasteiger partial charge is 0.326 e. The van der Waals surface area contributed by atoms with Crippen LogP contribution in [0.5, 0.6) is 0 Å². The van der Waals surface area contributed by atoms with Crippen LogP contribution >= 0.6 is 12.4 Å². The maximum atomic E-state index is 12.4. The van der Waals surface area contributed by atoms with E-state index in [4.69, 9.17) is 0 Å². The molecule has 1 atom stereocenters. The van der Waals surface area contributed by atoms with Gasteiger partial charge in [-0.15, -0.1) is 12.4 Å². The molecule has 1 saturated heterocycles. The lowest BCUT2D eigenvalue weighted by atomic mass is 10.1. The van der Waals surface area contributed by atoms with E-state index in [-0.39, 0.29) is 30.5 Å². The summed E-state index contributed by atoms with van der Waals surface area (Å²) in [6, 6.07) is 7.44. The number of hydrogen-bond donors (Lipinski definition) is 2. The van der Waals surface area contributed by atoms with Crippen molar-refractivity contribution >= 4 is 29.3 Å². The highest BCUT2D eigenvalue weighted by Crippen LogP contribution is 2.16. The highest BCUT2D eigenvalue weighted by atomic mass is 35.5. The minimum Gasteiger partial charge on any atom is -0.341 e. The van der Waals surface area contributed by atoms with Crippen LogP contribution in [0, 0.1) is 5.92 Å².